The first-order valence-electron chi connectivity index (χ1n) is 7.89. The largest absolute Gasteiger partial charge is 0.324 e. The molecule has 0 saturated heterocycles. The smallest absolute Gasteiger partial charge is 0.244 e. The number of benzene rings is 2. The molecule has 0 saturated carbocycles. The van der Waals surface area contributed by atoms with E-state index in [2.05, 4.69) is 17.2 Å². The molecular formula is C19H21N3O. The van der Waals surface area contributed by atoms with Crippen molar-refractivity contribution in [2.24, 2.45) is 0 Å². The molecule has 0 aliphatic rings. The summed E-state index contributed by atoms with van der Waals surface area (Å²) in [5, 5.41) is 3.02. The normalized spacial score (nSPS) is 10.9. The lowest BCUT2D eigenvalue weighted by Gasteiger charge is -2.11. The van der Waals surface area contributed by atoms with Crippen LogP contribution in [-0.2, 0) is 17.8 Å². The average Bonchev–Trinajstić information content (AvgIpc) is 2.89. The number of aryl methyl sites for hydroxylation is 3. The van der Waals surface area contributed by atoms with E-state index in [4.69, 9.17) is 0 Å². The van der Waals surface area contributed by atoms with Gasteiger partial charge in [-0.1, -0.05) is 31.2 Å². The van der Waals surface area contributed by atoms with E-state index in [9.17, 15) is 4.79 Å². The Morgan fingerprint density at radius 1 is 1.17 bits per heavy atom. The van der Waals surface area contributed by atoms with Crippen LogP contribution in [0.4, 0.5) is 5.69 Å². The van der Waals surface area contributed by atoms with E-state index >= 15 is 0 Å². The minimum absolute atomic E-state index is 0.0310. The lowest BCUT2D eigenvalue weighted by Crippen LogP contribution is -2.20. The first-order chi connectivity index (χ1) is 11.1. The Hall–Kier alpha value is -2.62. The number of amides is 1. The van der Waals surface area contributed by atoms with Crippen molar-refractivity contribution < 1.29 is 4.79 Å². The monoisotopic (exact) mass is 307 g/mol. The number of nitrogens with zero attached hydrogens (tertiary/aromatic N) is 2. The van der Waals surface area contributed by atoms with Gasteiger partial charge in [-0.05, 0) is 43.2 Å². The molecule has 4 heteroatoms. The number of imidazole rings is 1. The van der Waals surface area contributed by atoms with Gasteiger partial charge < -0.3 is 9.88 Å². The maximum absolute atomic E-state index is 12.5. The van der Waals surface area contributed by atoms with Crippen LogP contribution >= 0.6 is 0 Å². The van der Waals surface area contributed by atoms with Gasteiger partial charge in [0, 0.05) is 12.1 Å². The molecule has 3 aromatic rings. The number of rotatable bonds is 4. The zero-order valence-corrected chi connectivity index (χ0v) is 13.8. The lowest BCUT2D eigenvalue weighted by molar-refractivity contribution is -0.116. The predicted molar refractivity (Wildman–Crippen MR) is 93.7 cm³/mol. The maximum Gasteiger partial charge on any atom is 0.244 e. The number of nitrogens with one attached hydrogen (secondary N) is 1. The van der Waals surface area contributed by atoms with Crippen LogP contribution in [0.25, 0.3) is 11.0 Å². The third-order valence-electron chi connectivity index (χ3n) is 4.02. The minimum atomic E-state index is -0.0310. The van der Waals surface area contributed by atoms with Gasteiger partial charge in [-0.25, -0.2) is 4.98 Å². The number of carbonyl (C=O) groups is 1. The van der Waals surface area contributed by atoms with E-state index in [0.717, 1.165) is 40.1 Å². The van der Waals surface area contributed by atoms with E-state index in [0.29, 0.717) is 0 Å². The Kier molecular flexibility index (Phi) is 4.15. The zero-order valence-electron chi connectivity index (χ0n) is 13.8. The molecule has 0 bridgehead atoms. The molecule has 0 unspecified atom stereocenters. The van der Waals surface area contributed by atoms with Gasteiger partial charge in [0.15, 0.2) is 0 Å². The Labute approximate surface area is 136 Å². The average molecular weight is 307 g/mol. The SMILES string of the molecule is CCc1nc2ccccc2n1CC(=O)Nc1cc(C)ccc1C. The van der Waals surface area contributed by atoms with Crippen LogP contribution in [0.1, 0.15) is 23.9 Å². The second kappa shape index (κ2) is 6.24. The van der Waals surface area contributed by atoms with E-state index in [-0.39, 0.29) is 12.5 Å². The van der Waals surface area contributed by atoms with Crippen LogP contribution in [0, 0.1) is 13.8 Å². The molecule has 0 radical (unpaired) electrons. The van der Waals surface area contributed by atoms with Crippen LogP contribution in [0.3, 0.4) is 0 Å². The van der Waals surface area contributed by atoms with Crippen LogP contribution in [-0.4, -0.2) is 15.5 Å². The molecule has 0 aliphatic carbocycles. The van der Waals surface area contributed by atoms with Crippen molar-refractivity contribution in [2.45, 2.75) is 33.7 Å². The molecule has 0 spiro atoms. The van der Waals surface area contributed by atoms with Gasteiger partial charge in [0.25, 0.3) is 0 Å². The third kappa shape index (κ3) is 3.11. The van der Waals surface area contributed by atoms with E-state index < -0.39 is 0 Å². The van der Waals surface area contributed by atoms with Crippen LogP contribution in [0.15, 0.2) is 42.5 Å². The number of carbonyl (C=O) groups excluding carboxylic acids is 1. The van der Waals surface area contributed by atoms with Crippen LogP contribution in [0.5, 0.6) is 0 Å². The number of hydrogen-bond donors (Lipinski definition) is 1. The van der Waals surface area contributed by atoms with E-state index in [1.165, 1.54) is 0 Å². The Balaban J connectivity index is 1.87. The summed E-state index contributed by atoms with van der Waals surface area (Å²) in [6.45, 7) is 6.35. The maximum atomic E-state index is 12.5. The van der Waals surface area contributed by atoms with Crippen molar-refractivity contribution in [3.63, 3.8) is 0 Å². The molecular weight excluding hydrogens is 286 g/mol. The molecule has 3 rings (SSSR count). The van der Waals surface area contributed by atoms with Crippen molar-refractivity contribution in [3.8, 4) is 0 Å². The number of anilines is 1. The van der Waals surface area contributed by atoms with Gasteiger partial charge >= 0.3 is 0 Å². The molecule has 1 N–H and O–H groups in total. The highest BCUT2D eigenvalue weighted by molar-refractivity contribution is 5.92. The number of para-hydroxylation sites is 2. The molecule has 4 nitrogen and oxygen atoms in total. The van der Waals surface area contributed by atoms with E-state index in [1.54, 1.807) is 0 Å². The fourth-order valence-corrected chi connectivity index (χ4v) is 2.78. The first kappa shape index (κ1) is 15.3. The highest BCUT2D eigenvalue weighted by Crippen LogP contribution is 2.19. The zero-order chi connectivity index (χ0) is 16.4. The number of aromatic nitrogens is 2. The van der Waals surface area contributed by atoms with Gasteiger partial charge in [0.1, 0.15) is 12.4 Å². The molecule has 0 aliphatic heterocycles. The molecule has 23 heavy (non-hydrogen) atoms. The van der Waals surface area contributed by atoms with Crippen LogP contribution < -0.4 is 5.32 Å². The molecule has 1 amide bonds. The summed E-state index contributed by atoms with van der Waals surface area (Å²) in [5.74, 6) is 0.902. The summed E-state index contributed by atoms with van der Waals surface area (Å²) < 4.78 is 2.00. The third-order valence-corrected chi connectivity index (χ3v) is 4.02. The van der Waals surface area contributed by atoms with Gasteiger partial charge in [0.05, 0.1) is 11.0 Å². The molecule has 1 aromatic heterocycles. The minimum Gasteiger partial charge on any atom is -0.324 e. The van der Waals surface area contributed by atoms with Crippen molar-refractivity contribution in [2.75, 3.05) is 5.32 Å². The van der Waals surface area contributed by atoms with Crippen molar-refractivity contribution in [1.82, 2.24) is 9.55 Å². The van der Waals surface area contributed by atoms with Gasteiger partial charge in [-0.2, -0.15) is 0 Å². The summed E-state index contributed by atoms with van der Waals surface area (Å²) in [5.41, 5.74) is 5.00. The van der Waals surface area contributed by atoms with E-state index in [1.807, 2.05) is 60.9 Å². The topological polar surface area (TPSA) is 46.9 Å². The summed E-state index contributed by atoms with van der Waals surface area (Å²) in [6.07, 6.45) is 0.797. The Morgan fingerprint density at radius 3 is 2.74 bits per heavy atom. The van der Waals surface area contributed by atoms with Crippen molar-refractivity contribution >= 4 is 22.6 Å². The Bertz CT molecular complexity index is 864. The summed E-state index contributed by atoms with van der Waals surface area (Å²) in [4.78, 5) is 17.1. The molecule has 0 fully saturated rings. The molecule has 1 heterocycles. The summed E-state index contributed by atoms with van der Waals surface area (Å²) >= 11 is 0. The highest BCUT2D eigenvalue weighted by atomic mass is 16.1. The first-order valence-corrected chi connectivity index (χ1v) is 7.89. The van der Waals surface area contributed by atoms with Gasteiger partial charge in [0.2, 0.25) is 5.91 Å². The number of hydrogen-bond acceptors (Lipinski definition) is 2. The second-order valence-corrected chi connectivity index (χ2v) is 5.82. The lowest BCUT2D eigenvalue weighted by atomic mass is 10.1. The van der Waals surface area contributed by atoms with Gasteiger partial charge in [-0.3, -0.25) is 4.79 Å². The van der Waals surface area contributed by atoms with Gasteiger partial charge in [-0.15, -0.1) is 0 Å². The highest BCUT2D eigenvalue weighted by Gasteiger charge is 2.13. The van der Waals surface area contributed by atoms with Crippen LogP contribution in [0.2, 0.25) is 0 Å². The second-order valence-electron chi connectivity index (χ2n) is 5.82. The molecule has 118 valence electrons. The van der Waals surface area contributed by atoms with Crippen molar-refractivity contribution in [1.29, 1.82) is 0 Å². The summed E-state index contributed by atoms with van der Waals surface area (Å²) in [7, 11) is 0. The molecule has 2 aromatic carbocycles. The molecule has 0 atom stereocenters. The van der Waals surface area contributed by atoms with Crippen molar-refractivity contribution in [3.05, 3.63) is 59.4 Å². The fraction of sp³-hybridized carbons (Fsp3) is 0.263. The fourth-order valence-electron chi connectivity index (χ4n) is 2.78. The quantitative estimate of drug-likeness (QED) is 0.795. The standard InChI is InChI=1S/C19H21N3O/c1-4-18-20-15-7-5-6-8-17(15)22(18)12-19(23)21-16-11-13(2)9-10-14(16)3/h5-11H,4,12H2,1-3H3,(H,21,23). The predicted octanol–water partition coefficient (Wildman–Crippen LogP) is 3.85. The number of fused-ring (bicyclic) bond motifs is 1. The Morgan fingerprint density at radius 2 is 1.96 bits per heavy atom. The summed E-state index contributed by atoms with van der Waals surface area (Å²) in [6, 6.07) is 14.0.